The minimum Gasteiger partial charge on any atom is -0.386 e. The molecule has 0 bridgehead atoms. The lowest BCUT2D eigenvalue weighted by atomic mass is 9.87. The Morgan fingerprint density at radius 3 is 2.47 bits per heavy atom. The number of aromatic nitrogens is 4. The van der Waals surface area contributed by atoms with Crippen LogP contribution in [0.2, 0.25) is 0 Å². The van der Waals surface area contributed by atoms with Crippen LogP contribution in [0.4, 0.5) is 5.82 Å². The number of imidazole rings is 1. The minimum absolute atomic E-state index is 0.0293. The molecule has 0 aliphatic carbocycles. The van der Waals surface area contributed by atoms with E-state index >= 15 is 0 Å². The van der Waals surface area contributed by atoms with Crippen LogP contribution in [0.25, 0.3) is 11.2 Å². The number of nitrogen functional groups attached to an aromatic ring is 1. The fraction of sp³-hybridized carbons (Fsp3) is 0.593. The molecule has 1 aliphatic heterocycles. The molecule has 0 radical (unpaired) electrons. The minimum atomic E-state index is -5.57. The Kier molecular flexibility index (Phi) is 16.9. The van der Waals surface area contributed by atoms with Crippen molar-refractivity contribution in [3.63, 3.8) is 0 Å². The van der Waals surface area contributed by atoms with E-state index < -0.39 is 84.6 Å². The van der Waals surface area contributed by atoms with Gasteiger partial charge in [-0.3, -0.25) is 32.5 Å². The zero-order valence-corrected chi connectivity index (χ0v) is 32.9. The molecule has 2 aromatic rings. The fourth-order valence-electron chi connectivity index (χ4n) is 4.61. The summed E-state index contributed by atoms with van der Waals surface area (Å²) in [5.41, 5.74) is 7.04. The van der Waals surface area contributed by atoms with Gasteiger partial charge in [0.25, 0.3) is 0 Å². The summed E-state index contributed by atoms with van der Waals surface area (Å²) in [4.78, 5) is 87.1. The molecule has 24 nitrogen and oxygen atoms in total. The predicted molar refractivity (Wildman–Crippen MR) is 190 cm³/mol. The molecule has 0 saturated carbocycles. The fourth-order valence-corrected chi connectivity index (χ4v) is 8.08. The lowest BCUT2D eigenvalue weighted by Gasteiger charge is -2.30. The second kappa shape index (κ2) is 20.0. The highest BCUT2D eigenvalue weighted by molar-refractivity contribution is 8.13. The molecule has 2 unspecified atom stereocenters. The Hall–Kier alpha value is -2.92. The summed E-state index contributed by atoms with van der Waals surface area (Å²) in [6.07, 6.45) is -3.48. The number of carbonyl (C=O) groups excluding carboxylic acids is 3. The van der Waals surface area contributed by atoms with Crippen LogP contribution in [0.5, 0.6) is 0 Å². The number of fused-ring (bicyclic) bond motifs is 1. The van der Waals surface area contributed by atoms with Crippen LogP contribution >= 0.6 is 35.2 Å². The Morgan fingerprint density at radius 1 is 1.11 bits per heavy atom. The molecule has 10 N–H and O–H groups in total. The van der Waals surface area contributed by atoms with Gasteiger partial charge in [0, 0.05) is 37.1 Å². The van der Waals surface area contributed by atoms with E-state index in [1.54, 1.807) is 19.1 Å². The molecule has 1 aliphatic rings. The van der Waals surface area contributed by atoms with Crippen LogP contribution in [0.1, 0.15) is 39.8 Å². The van der Waals surface area contributed by atoms with Crippen molar-refractivity contribution < 1.29 is 80.5 Å². The average molecular weight is 862 g/mol. The third-order valence-corrected chi connectivity index (χ3v) is 11.3. The number of hydrogen-bond donors (Lipinski definition) is 9. The number of hydrogen-bond acceptors (Lipinski definition) is 18. The lowest BCUT2D eigenvalue weighted by Crippen LogP contribution is -2.46. The van der Waals surface area contributed by atoms with Gasteiger partial charge in [-0.1, -0.05) is 25.6 Å². The number of nitrogens with one attached hydrogen (secondary N) is 2. The first-order valence-electron chi connectivity index (χ1n) is 16.0. The second-order valence-corrected chi connectivity index (χ2v) is 17.5. The standard InChI is InChI=1S/C27H42N7O17P3S/c1-4-5-6-7-18(36)55-11-10-29-17(35)8-9-30-25(39)22(38)27(2,3)13-48-54(45,46)51-53(43,44)47-12-16-21(50-52(40,41)42)20(37)26(49-16)34-15-33-19-23(28)31-14-32-24(19)34/h4,6,14-16,20-22,26,37-38H,7-13H2,1-3H3,(H,29,35)(H,30,39)(H,43,44)(H,45,46)(H2,28,31,32)(H2,40,41,42)/t5?,16-,20-,21-,22+,26+/m1/s1. The number of anilines is 1. The molecule has 2 amide bonds. The molecular formula is C27H42N7O17P3S. The number of nitrogens with two attached hydrogens (primary N) is 1. The normalized spacial score (nSPS) is 21.5. The van der Waals surface area contributed by atoms with Crippen LogP contribution in [0.3, 0.4) is 0 Å². The molecule has 0 spiro atoms. The maximum atomic E-state index is 12.7. The summed E-state index contributed by atoms with van der Waals surface area (Å²) in [5, 5.41) is 26.2. The molecule has 3 rings (SSSR count). The molecule has 0 aromatic carbocycles. The number of aliphatic hydroxyl groups excluding tert-OH is 2. The Morgan fingerprint density at radius 2 is 1.80 bits per heavy atom. The molecule has 308 valence electrons. The average Bonchev–Trinajstić information content (AvgIpc) is 3.64. The third-order valence-electron chi connectivity index (χ3n) is 7.32. The van der Waals surface area contributed by atoms with Crippen molar-refractivity contribution in [1.82, 2.24) is 30.2 Å². The van der Waals surface area contributed by atoms with E-state index in [4.69, 9.17) is 19.5 Å². The first-order valence-corrected chi connectivity index (χ1v) is 21.5. The zero-order chi connectivity index (χ0) is 41.2. The van der Waals surface area contributed by atoms with E-state index in [2.05, 4.69) is 40.2 Å². The Bertz CT molecular complexity index is 1890. The molecule has 7 atom stereocenters. The second-order valence-electron chi connectivity index (χ2n) is 12.2. The van der Waals surface area contributed by atoms with Crippen LogP contribution in [-0.4, -0.2) is 123 Å². The van der Waals surface area contributed by atoms with E-state index in [0.717, 1.165) is 29.0 Å². The lowest BCUT2D eigenvalue weighted by molar-refractivity contribution is -0.137. The largest absolute Gasteiger partial charge is 0.481 e. The molecule has 2 aromatic heterocycles. The monoisotopic (exact) mass is 861 g/mol. The number of amides is 2. The van der Waals surface area contributed by atoms with E-state index in [9.17, 15) is 57.9 Å². The SMILES string of the molecule is CC=C=CCC(=O)SCCNC(=O)CCNC(=O)[C@H](O)C(C)(C)COP(=O)(O)OP(=O)(O)OC[C@H]1O[C@H](n2cnc3c(N)ncnc32)[C@H](O)[C@@H]1OP(=O)(O)O. The number of allylic oxidation sites excluding steroid dienone is 1. The van der Waals surface area contributed by atoms with E-state index in [0.29, 0.717) is 5.75 Å². The molecular weight excluding hydrogens is 819 g/mol. The van der Waals surface area contributed by atoms with Crippen molar-refractivity contribution in [2.24, 2.45) is 5.41 Å². The molecule has 55 heavy (non-hydrogen) atoms. The van der Waals surface area contributed by atoms with Gasteiger partial charge in [0.1, 0.15) is 36.3 Å². The third kappa shape index (κ3) is 14.5. The van der Waals surface area contributed by atoms with Crippen molar-refractivity contribution in [1.29, 1.82) is 0 Å². The molecule has 3 heterocycles. The zero-order valence-electron chi connectivity index (χ0n) is 29.4. The highest BCUT2D eigenvalue weighted by atomic mass is 32.2. The number of phosphoric ester groups is 3. The topological polar surface area (TPSA) is 364 Å². The van der Waals surface area contributed by atoms with E-state index in [1.807, 2.05) is 0 Å². The highest BCUT2D eigenvalue weighted by Crippen LogP contribution is 2.61. The van der Waals surface area contributed by atoms with Crippen molar-refractivity contribution >= 4 is 69.1 Å². The van der Waals surface area contributed by atoms with Crippen LogP contribution in [-0.2, 0) is 50.7 Å². The summed E-state index contributed by atoms with van der Waals surface area (Å²) in [5.74, 6) is -1.14. The molecule has 28 heteroatoms. The van der Waals surface area contributed by atoms with Gasteiger partial charge in [-0.2, -0.15) is 4.31 Å². The van der Waals surface area contributed by atoms with E-state index in [-0.39, 0.29) is 48.0 Å². The first kappa shape index (κ1) is 46.5. The number of rotatable bonds is 21. The van der Waals surface area contributed by atoms with Gasteiger partial charge < -0.3 is 50.9 Å². The van der Waals surface area contributed by atoms with Crippen molar-refractivity contribution in [3.8, 4) is 0 Å². The van der Waals surface area contributed by atoms with Gasteiger partial charge in [0.15, 0.2) is 22.8 Å². The number of aliphatic hydroxyl groups is 2. The maximum Gasteiger partial charge on any atom is 0.481 e. The summed E-state index contributed by atoms with van der Waals surface area (Å²) in [7, 11) is -16.4. The van der Waals surface area contributed by atoms with Gasteiger partial charge >= 0.3 is 23.5 Å². The quantitative estimate of drug-likeness (QED) is 0.0445. The summed E-state index contributed by atoms with van der Waals surface area (Å²) in [6, 6.07) is 0. The number of ether oxygens (including phenoxy) is 1. The van der Waals surface area contributed by atoms with Crippen LogP contribution in [0, 0.1) is 5.41 Å². The summed E-state index contributed by atoms with van der Waals surface area (Å²) >= 11 is 1.04. The first-order chi connectivity index (χ1) is 25.6. The van der Waals surface area contributed by atoms with Gasteiger partial charge in [-0.25, -0.2) is 28.6 Å². The summed E-state index contributed by atoms with van der Waals surface area (Å²) in [6.45, 7) is 2.23. The maximum absolute atomic E-state index is 12.7. The predicted octanol–water partition coefficient (Wildman–Crippen LogP) is -0.214. The van der Waals surface area contributed by atoms with Gasteiger partial charge in [0.05, 0.1) is 19.5 Å². The number of carbonyl (C=O) groups is 3. The van der Waals surface area contributed by atoms with Gasteiger partial charge in [-0.05, 0) is 19.1 Å². The molecule has 1 saturated heterocycles. The summed E-state index contributed by atoms with van der Waals surface area (Å²) < 4.78 is 62.0. The highest BCUT2D eigenvalue weighted by Gasteiger charge is 2.50. The molecule has 1 fully saturated rings. The van der Waals surface area contributed by atoms with Crippen LogP contribution in [0.15, 0.2) is 30.5 Å². The smallest absolute Gasteiger partial charge is 0.386 e. The van der Waals surface area contributed by atoms with Crippen molar-refractivity contribution in [2.45, 2.75) is 64.3 Å². The Balaban J connectivity index is 1.49. The number of phosphoric acid groups is 3. The van der Waals surface area contributed by atoms with Crippen LogP contribution < -0.4 is 16.4 Å². The van der Waals surface area contributed by atoms with Gasteiger partial charge in [0.2, 0.25) is 11.8 Å². The van der Waals surface area contributed by atoms with Gasteiger partial charge in [-0.15, -0.1) is 5.73 Å². The van der Waals surface area contributed by atoms with Crippen molar-refractivity contribution in [3.05, 3.63) is 30.5 Å². The Labute approximate surface area is 317 Å². The van der Waals surface area contributed by atoms with Crippen molar-refractivity contribution in [2.75, 3.05) is 37.8 Å². The number of thioether (sulfide) groups is 1. The van der Waals surface area contributed by atoms with E-state index in [1.165, 1.54) is 13.8 Å². The number of nitrogens with zero attached hydrogens (tertiary/aromatic N) is 4.